The molecular formula is C16H22N2O2. The molecule has 0 unspecified atom stereocenters. The van der Waals surface area contributed by atoms with Gasteiger partial charge in [-0.15, -0.1) is 0 Å². The average molecular weight is 274 g/mol. The summed E-state index contributed by atoms with van der Waals surface area (Å²) < 4.78 is 0. The molecule has 0 atom stereocenters. The molecule has 3 rings (SSSR count). The molecule has 1 saturated carbocycles. The molecule has 0 aromatic heterocycles. The standard InChI is InChI=1S/C16H22N2O2/c19-16(20)14-7-3-4-8-15(14)18-11-9-17(10-12-18)13-5-1-2-6-13/h3-4,7-8,13H,1-2,5-6,9-12H2,(H,19,20). The van der Waals surface area contributed by atoms with Crippen LogP contribution in [-0.4, -0.2) is 38.2 Å². The van der Waals surface area contributed by atoms with Crippen molar-refractivity contribution >= 4 is 11.7 Å². The predicted octanol–water partition coefficient (Wildman–Crippen LogP) is -0.302. The zero-order valence-corrected chi connectivity index (χ0v) is 11.8. The van der Waals surface area contributed by atoms with E-state index in [1.165, 1.54) is 25.7 Å². The number of para-hydroxylation sites is 1. The van der Waals surface area contributed by atoms with Gasteiger partial charge in [-0.3, -0.25) is 0 Å². The van der Waals surface area contributed by atoms with E-state index in [9.17, 15) is 9.90 Å². The average Bonchev–Trinajstić information content (AvgIpc) is 3.02. The zero-order chi connectivity index (χ0) is 13.9. The fourth-order valence-corrected chi connectivity index (χ4v) is 3.70. The van der Waals surface area contributed by atoms with Gasteiger partial charge in [0.15, 0.2) is 0 Å². The van der Waals surface area contributed by atoms with E-state index in [1.807, 2.05) is 12.1 Å². The highest BCUT2D eigenvalue weighted by atomic mass is 16.4. The van der Waals surface area contributed by atoms with Crippen molar-refractivity contribution in [2.24, 2.45) is 0 Å². The van der Waals surface area contributed by atoms with Gasteiger partial charge in [0.2, 0.25) is 0 Å². The van der Waals surface area contributed by atoms with E-state index in [-0.39, 0.29) is 0 Å². The Morgan fingerprint density at radius 1 is 1.15 bits per heavy atom. The Hall–Kier alpha value is -1.55. The maximum Gasteiger partial charge on any atom is 0.0951 e. The van der Waals surface area contributed by atoms with E-state index in [0.29, 0.717) is 5.56 Å². The summed E-state index contributed by atoms with van der Waals surface area (Å²) in [5.74, 6) is -1.08. The first kappa shape index (κ1) is 13.4. The molecule has 1 N–H and O–H groups in total. The molecule has 2 aliphatic rings. The van der Waals surface area contributed by atoms with Crippen LogP contribution in [-0.2, 0) is 0 Å². The minimum atomic E-state index is -1.08. The number of carboxylic acids is 1. The predicted molar refractivity (Wildman–Crippen MR) is 75.9 cm³/mol. The van der Waals surface area contributed by atoms with Crippen molar-refractivity contribution in [3.05, 3.63) is 29.8 Å². The molecule has 1 aliphatic heterocycles. The molecule has 0 radical (unpaired) electrons. The maximum atomic E-state index is 11.2. The number of carbonyl (C=O) groups excluding carboxylic acids is 1. The summed E-state index contributed by atoms with van der Waals surface area (Å²) in [6.45, 7) is 4.12. The van der Waals surface area contributed by atoms with Crippen molar-refractivity contribution in [1.82, 2.24) is 0 Å². The first-order chi connectivity index (χ1) is 9.75. The van der Waals surface area contributed by atoms with Crippen LogP contribution in [0.25, 0.3) is 0 Å². The quantitative estimate of drug-likeness (QED) is 0.823. The zero-order valence-electron chi connectivity index (χ0n) is 11.8. The van der Waals surface area contributed by atoms with E-state index in [4.69, 9.17) is 0 Å². The van der Waals surface area contributed by atoms with E-state index in [0.717, 1.165) is 37.9 Å². The number of hydrogen-bond donors (Lipinski definition) is 1. The van der Waals surface area contributed by atoms with Gasteiger partial charge >= 0.3 is 0 Å². The fourth-order valence-electron chi connectivity index (χ4n) is 3.70. The summed E-state index contributed by atoms with van der Waals surface area (Å²) in [5, 5.41) is 11.2. The minimum absolute atomic E-state index is 0.316. The van der Waals surface area contributed by atoms with Crippen LogP contribution >= 0.6 is 0 Å². The molecule has 1 aliphatic carbocycles. The van der Waals surface area contributed by atoms with Gasteiger partial charge in [-0.1, -0.05) is 18.2 Å². The van der Waals surface area contributed by atoms with Crippen LogP contribution in [0.5, 0.6) is 0 Å². The Bertz CT molecular complexity index is 475. The van der Waals surface area contributed by atoms with Gasteiger partial charge < -0.3 is 19.7 Å². The SMILES string of the molecule is O=C([O-])c1ccccc1N1CC[NH+](C2CCCC2)CC1. The van der Waals surface area contributed by atoms with Gasteiger partial charge in [-0.25, -0.2) is 0 Å². The Morgan fingerprint density at radius 3 is 2.45 bits per heavy atom. The number of hydrogen-bond acceptors (Lipinski definition) is 3. The summed E-state index contributed by atoms with van der Waals surface area (Å²) in [7, 11) is 0. The number of carbonyl (C=O) groups is 1. The molecule has 108 valence electrons. The summed E-state index contributed by atoms with van der Waals surface area (Å²) in [5.41, 5.74) is 1.13. The van der Waals surface area contributed by atoms with Gasteiger partial charge in [-0.05, 0) is 31.7 Å². The molecule has 0 amide bonds. The number of benzene rings is 1. The van der Waals surface area contributed by atoms with Crippen molar-refractivity contribution < 1.29 is 14.8 Å². The van der Waals surface area contributed by atoms with Crippen LogP contribution in [0.1, 0.15) is 36.0 Å². The highest BCUT2D eigenvalue weighted by Gasteiger charge is 2.30. The topological polar surface area (TPSA) is 47.8 Å². The van der Waals surface area contributed by atoms with Gasteiger partial charge in [0.1, 0.15) is 0 Å². The lowest BCUT2D eigenvalue weighted by Gasteiger charge is -2.37. The second-order valence-corrected chi connectivity index (χ2v) is 5.93. The second-order valence-electron chi connectivity index (χ2n) is 5.93. The summed E-state index contributed by atoms with van der Waals surface area (Å²) >= 11 is 0. The van der Waals surface area contributed by atoms with E-state index in [1.54, 1.807) is 17.0 Å². The second kappa shape index (κ2) is 5.83. The molecule has 4 nitrogen and oxygen atoms in total. The maximum absolute atomic E-state index is 11.2. The number of piperazine rings is 1. The number of nitrogens with one attached hydrogen (secondary N) is 1. The van der Waals surface area contributed by atoms with E-state index < -0.39 is 5.97 Å². The third-order valence-corrected chi connectivity index (χ3v) is 4.80. The number of aromatic carboxylic acids is 1. The normalized spacial score (nSPS) is 21.3. The first-order valence-corrected chi connectivity index (χ1v) is 7.65. The highest BCUT2D eigenvalue weighted by molar-refractivity contribution is 5.93. The smallest absolute Gasteiger partial charge is 0.0951 e. The Labute approximate surface area is 120 Å². The minimum Gasteiger partial charge on any atom is -0.545 e. The van der Waals surface area contributed by atoms with Gasteiger partial charge in [0.05, 0.1) is 38.2 Å². The third-order valence-electron chi connectivity index (χ3n) is 4.80. The summed E-state index contributed by atoms with van der Waals surface area (Å²) in [4.78, 5) is 15.1. The van der Waals surface area contributed by atoms with Crippen molar-refractivity contribution in [2.45, 2.75) is 31.7 Å². The lowest BCUT2D eigenvalue weighted by atomic mass is 10.1. The molecule has 1 aromatic carbocycles. The summed E-state index contributed by atoms with van der Waals surface area (Å²) in [6, 6.07) is 8.03. The van der Waals surface area contributed by atoms with Crippen LogP contribution in [0.15, 0.2) is 24.3 Å². The van der Waals surface area contributed by atoms with Gasteiger partial charge in [0, 0.05) is 11.3 Å². The number of nitrogens with zero attached hydrogens (tertiary/aromatic N) is 1. The monoisotopic (exact) mass is 274 g/mol. The van der Waals surface area contributed by atoms with E-state index >= 15 is 0 Å². The fraction of sp³-hybridized carbons (Fsp3) is 0.562. The lowest BCUT2D eigenvalue weighted by Crippen LogP contribution is -3.18. The van der Waals surface area contributed by atoms with Crippen molar-refractivity contribution in [3.63, 3.8) is 0 Å². The molecule has 20 heavy (non-hydrogen) atoms. The van der Waals surface area contributed by atoms with E-state index in [2.05, 4.69) is 4.90 Å². The largest absolute Gasteiger partial charge is 0.545 e. The molecule has 1 saturated heterocycles. The van der Waals surface area contributed by atoms with Crippen molar-refractivity contribution in [2.75, 3.05) is 31.1 Å². The van der Waals surface area contributed by atoms with Crippen LogP contribution in [0.3, 0.4) is 0 Å². The molecular weight excluding hydrogens is 252 g/mol. The van der Waals surface area contributed by atoms with Crippen molar-refractivity contribution in [1.29, 1.82) is 0 Å². The van der Waals surface area contributed by atoms with Crippen LogP contribution in [0.2, 0.25) is 0 Å². The number of rotatable bonds is 3. The molecule has 4 heteroatoms. The first-order valence-electron chi connectivity index (χ1n) is 7.65. The summed E-state index contributed by atoms with van der Waals surface area (Å²) in [6.07, 6.45) is 5.49. The molecule has 0 spiro atoms. The molecule has 1 heterocycles. The lowest BCUT2D eigenvalue weighted by molar-refractivity contribution is -0.925. The molecule has 1 aromatic rings. The Morgan fingerprint density at radius 2 is 1.80 bits per heavy atom. The number of carboxylic acid groups (broad SMARTS) is 1. The number of quaternary nitrogens is 1. The third kappa shape index (κ3) is 2.66. The van der Waals surface area contributed by atoms with Crippen molar-refractivity contribution in [3.8, 4) is 0 Å². The Balaban J connectivity index is 1.67. The number of anilines is 1. The molecule has 0 bridgehead atoms. The molecule has 2 fully saturated rings. The van der Waals surface area contributed by atoms with Gasteiger partial charge in [-0.2, -0.15) is 0 Å². The highest BCUT2D eigenvalue weighted by Crippen LogP contribution is 2.20. The van der Waals surface area contributed by atoms with Crippen LogP contribution < -0.4 is 14.9 Å². The van der Waals surface area contributed by atoms with Crippen LogP contribution in [0.4, 0.5) is 5.69 Å². The Kier molecular flexibility index (Phi) is 3.92. The van der Waals surface area contributed by atoms with Gasteiger partial charge in [0.25, 0.3) is 0 Å². The van der Waals surface area contributed by atoms with Crippen LogP contribution in [0, 0.1) is 0 Å².